The summed E-state index contributed by atoms with van der Waals surface area (Å²) in [6.07, 6.45) is 18.6. The molecule has 336 valence electrons. The van der Waals surface area contributed by atoms with Crippen molar-refractivity contribution in [1.29, 1.82) is 0 Å². The number of pyridine rings is 1. The number of ether oxygens (including phenoxy) is 2. The third-order valence-electron chi connectivity index (χ3n) is 19.1. The molecule has 5 fully saturated rings. The molecule has 10 atom stereocenters. The molecule has 4 saturated carbocycles. The summed E-state index contributed by atoms with van der Waals surface area (Å²) in [6, 6.07) is 3.22. The smallest absolute Gasteiger partial charge is 0.343 e. The molecule has 11 heteroatoms. The lowest BCUT2D eigenvalue weighted by molar-refractivity contribution is -0.221. The number of sulfone groups is 1. The van der Waals surface area contributed by atoms with E-state index in [1.165, 1.54) is 81.4 Å². The van der Waals surface area contributed by atoms with E-state index < -0.39 is 27.2 Å². The van der Waals surface area contributed by atoms with E-state index in [0.717, 1.165) is 19.5 Å². The Balaban J connectivity index is 1.00. The summed E-state index contributed by atoms with van der Waals surface area (Å²) < 4.78 is 35.1. The van der Waals surface area contributed by atoms with E-state index in [0.29, 0.717) is 61.9 Å². The predicted molar refractivity (Wildman–Crippen MR) is 239 cm³/mol. The monoisotopic (exact) mass is 860 g/mol. The zero-order chi connectivity index (χ0) is 43.8. The van der Waals surface area contributed by atoms with Crippen LogP contribution in [-0.2, 0) is 19.4 Å². The number of esters is 1. The molecule has 0 bridgehead atoms. The summed E-state index contributed by atoms with van der Waals surface area (Å²) in [7, 11) is -1.58. The van der Waals surface area contributed by atoms with Gasteiger partial charge in [-0.05, 0) is 159 Å². The molecule has 10 nitrogen and oxygen atoms in total. The van der Waals surface area contributed by atoms with Crippen molar-refractivity contribution in [2.45, 2.75) is 124 Å². The molecule has 0 spiro atoms. The number of allylic oxidation sites excluding steroid dienone is 5. The Kier molecular flexibility index (Phi) is 11.6. The number of carbonyl (C=O) groups is 2. The number of carboxylic acid groups (broad SMARTS) is 1. The fraction of sp³-hybridized carbons (Fsp3) is 0.740. The van der Waals surface area contributed by atoms with Crippen LogP contribution in [0, 0.1) is 56.7 Å². The van der Waals surface area contributed by atoms with Gasteiger partial charge in [-0.25, -0.2) is 18.2 Å². The molecule has 0 amide bonds. The number of methoxy groups -OCH3 is 1. The van der Waals surface area contributed by atoms with Gasteiger partial charge >= 0.3 is 11.9 Å². The highest BCUT2D eigenvalue weighted by Crippen LogP contribution is 2.76. The highest BCUT2D eigenvalue weighted by molar-refractivity contribution is 7.91. The first-order chi connectivity index (χ1) is 28.8. The van der Waals surface area contributed by atoms with Crippen molar-refractivity contribution in [3.8, 4) is 5.88 Å². The van der Waals surface area contributed by atoms with Crippen molar-refractivity contribution in [2.24, 2.45) is 56.7 Å². The van der Waals surface area contributed by atoms with Crippen LogP contribution >= 0.6 is 0 Å². The van der Waals surface area contributed by atoms with Crippen molar-refractivity contribution >= 4 is 21.8 Å². The zero-order valence-corrected chi connectivity index (χ0v) is 38.9. The second kappa shape index (κ2) is 15.9. The molecule has 2 N–H and O–H groups in total. The molecule has 6 aliphatic carbocycles. The van der Waals surface area contributed by atoms with Crippen molar-refractivity contribution in [3.63, 3.8) is 0 Å². The Hall–Kier alpha value is -3.02. The number of nitrogens with zero attached hydrogens (tertiary/aromatic N) is 2. The first-order valence-corrected chi connectivity index (χ1v) is 25.2. The number of aromatic nitrogens is 1. The van der Waals surface area contributed by atoms with Gasteiger partial charge in [-0.15, -0.1) is 0 Å². The van der Waals surface area contributed by atoms with Gasteiger partial charge in [-0.1, -0.05) is 58.9 Å². The number of hydrogen-bond acceptors (Lipinski definition) is 9. The molecule has 0 aromatic carbocycles. The summed E-state index contributed by atoms with van der Waals surface area (Å²) in [5.41, 5.74) is 3.80. The topological polar surface area (TPSA) is 135 Å². The van der Waals surface area contributed by atoms with Gasteiger partial charge < -0.3 is 24.8 Å². The first-order valence-electron chi connectivity index (χ1n) is 23.4. The minimum Gasteiger partial charge on any atom is -0.481 e. The van der Waals surface area contributed by atoms with E-state index in [9.17, 15) is 23.1 Å². The van der Waals surface area contributed by atoms with Crippen LogP contribution in [0.5, 0.6) is 5.88 Å². The molecular formula is C50H73N3O7S. The molecule has 0 radical (unpaired) electrons. The average molecular weight is 860 g/mol. The Labute approximate surface area is 365 Å². The SMILES string of the molecule is C=C(C)C1CC[C@]2(NCCN3CCS(=O)(=O)CC3)CC[C@]3(C)[C@H](CC[C@@H]4[C@@]5(C)CC=C(C6=CC[C@](COc7ncccc7C(=O)OC)(C(=O)O)CC6)C(C)(C)[C@@H]5CC[C@]43C)[C@@H]12. The number of aliphatic carboxylic acids is 1. The van der Waals surface area contributed by atoms with Gasteiger partial charge in [0, 0.05) is 37.9 Å². The predicted octanol–water partition coefficient (Wildman–Crippen LogP) is 8.69. The molecule has 1 aromatic rings. The summed E-state index contributed by atoms with van der Waals surface area (Å²) >= 11 is 0. The van der Waals surface area contributed by atoms with Crippen LogP contribution in [0.4, 0.5) is 0 Å². The lowest BCUT2D eigenvalue weighted by atomic mass is 9.33. The van der Waals surface area contributed by atoms with E-state index in [2.05, 4.69) is 75.5 Å². The quantitative estimate of drug-likeness (QED) is 0.164. The lowest BCUT2D eigenvalue weighted by Gasteiger charge is -2.72. The summed E-state index contributed by atoms with van der Waals surface area (Å²) in [5.74, 6) is 2.10. The fourth-order valence-corrected chi connectivity index (χ4v) is 16.8. The van der Waals surface area contributed by atoms with Gasteiger partial charge in [-0.2, -0.15) is 0 Å². The summed E-state index contributed by atoms with van der Waals surface area (Å²) in [6.45, 7) is 22.9. The van der Waals surface area contributed by atoms with Crippen LogP contribution in [0.1, 0.15) is 129 Å². The number of nitrogens with one attached hydrogen (secondary N) is 1. The standard InChI is InChI=1S/C50H73N3O7S/c1-33(2)35-15-22-50(52-26-27-53-28-30-61(57,58)31-29-53)24-23-47(6)38(41(35)50)11-12-40-46(5)18-16-37(45(3,4)39(46)17-19-48(40,47)7)34-13-20-49(21-14-34,44(55)56)32-60-42-36(43(54)59-8)10-9-25-51-42/h9-10,13,16,25,35,38-41,52H,1,11-12,14-15,17-24,26-32H2,2-8H3,(H,55,56)/t35?,38-,39+,40-,41-,46+,47-,48-,49+,50+/m1/s1. The van der Waals surface area contributed by atoms with Gasteiger partial charge in [0.1, 0.15) is 17.6 Å². The number of carboxylic acids is 1. The van der Waals surface area contributed by atoms with Crippen molar-refractivity contribution in [3.05, 3.63) is 59.3 Å². The van der Waals surface area contributed by atoms with Gasteiger partial charge in [0.2, 0.25) is 5.88 Å². The molecule has 1 unspecified atom stereocenters. The van der Waals surface area contributed by atoms with Gasteiger partial charge in [0.05, 0.1) is 18.6 Å². The second-order valence-corrected chi connectivity index (χ2v) is 24.3. The largest absolute Gasteiger partial charge is 0.481 e. The molecule has 1 aromatic heterocycles. The Bertz CT molecular complexity index is 2080. The van der Waals surface area contributed by atoms with Crippen LogP contribution in [0.25, 0.3) is 0 Å². The first kappa shape index (κ1) is 44.6. The fourth-order valence-electron chi connectivity index (χ4n) is 15.5. The Morgan fingerprint density at radius 1 is 0.951 bits per heavy atom. The third-order valence-corrected chi connectivity index (χ3v) is 20.7. The zero-order valence-electron chi connectivity index (χ0n) is 38.1. The Morgan fingerprint density at radius 2 is 1.70 bits per heavy atom. The minimum atomic E-state index is -2.89. The van der Waals surface area contributed by atoms with Gasteiger partial charge in [-0.3, -0.25) is 4.79 Å². The van der Waals surface area contributed by atoms with Gasteiger partial charge in [0.25, 0.3) is 0 Å². The van der Waals surface area contributed by atoms with E-state index in [-0.39, 0.29) is 56.8 Å². The number of fused-ring (bicyclic) bond motifs is 7. The van der Waals surface area contributed by atoms with Crippen molar-refractivity contribution in [1.82, 2.24) is 15.2 Å². The average Bonchev–Trinajstić information content (AvgIpc) is 3.61. The second-order valence-electron chi connectivity index (χ2n) is 22.0. The maximum atomic E-state index is 12.9. The van der Waals surface area contributed by atoms with E-state index in [4.69, 9.17) is 9.47 Å². The number of rotatable bonds is 11. The molecule has 1 saturated heterocycles. The number of carbonyl (C=O) groups excluding carboxylic acids is 1. The van der Waals surface area contributed by atoms with Crippen molar-refractivity contribution < 1.29 is 32.6 Å². The normalized spacial score (nSPS) is 40.2. The number of hydrogen-bond donors (Lipinski definition) is 2. The molecule has 2 heterocycles. The highest BCUT2D eigenvalue weighted by atomic mass is 32.2. The van der Waals surface area contributed by atoms with E-state index >= 15 is 0 Å². The maximum absolute atomic E-state index is 12.9. The molecule has 7 aliphatic rings. The molecular weight excluding hydrogens is 787 g/mol. The van der Waals surface area contributed by atoms with E-state index in [1.54, 1.807) is 12.1 Å². The van der Waals surface area contributed by atoms with Crippen LogP contribution in [0.15, 0.2) is 53.8 Å². The highest BCUT2D eigenvalue weighted by Gasteiger charge is 2.70. The molecule has 61 heavy (non-hydrogen) atoms. The van der Waals surface area contributed by atoms with E-state index in [1.807, 2.05) is 0 Å². The van der Waals surface area contributed by atoms with Crippen molar-refractivity contribution in [2.75, 3.05) is 51.4 Å². The Morgan fingerprint density at radius 3 is 2.38 bits per heavy atom. The van der Waals surface area contributed by atoms with Crippen LogP contribution < -0.4 is 10.1 Å². The van der Waals surface area contributed by atoms with Crippen LogP contribution in [-0.4, -0.2) is 92.3 Å². The lowest BCUT2D eigenvalue weighted by Crippen LogP contribution is -2.68. The maximum Gasteiger partial charge on any atom is 0.343 e. The summed E-state index contributed by atoms with van der Waals surface area (Å²) in [5, 5.41) is 14.8. The summed E-state index contributed by atoms with van der Waals surface area (Å²) in [4.78, 5) is 31.8. The van der Waals surface area contributed by atoms with Crippen LogP contribution in [0.2, 0.25) is 0 Å². The minimum absolute atomic E-state index is 0.0539. The third kappa shape index (κ3) is 7.26. The van der Waals surface area contributed by atoms with Gasteiger partial charge in [0.15, 0.2) is 9.84 Å². The molecule has 8 rings (SSSR count). The van der Waals surface area contributed by atoms with Crippen LogP contribution in [0.3, 0.4) is 0 Å². The molecule has 1 aliphatic heterocycles.